The number of aryl methyl sites for hydroxylation is 1. The smallest absolute Gasteiger partial charge is 0.253 e. The number of amides is 2. The van der Waals surface area contributed by atoms with E-state index in [9.17, 15) is 23.2 Å². The molecule has 0 saturated carbocycles. The zero-order chi connectivity index (χ0) is 26.8. The second-order valence-corrected chi connectivity index (χ2v) is 8.28. The van der Waals surface area contributed by atoms with Crippen LogP contribution in [0.3, 0.4) is 0 Å². The lowest BCUT2D eigenvalue weighted by Gasteiger charge is -2.13. The molecule has 2 amide bonds. The maximum Gasteiger partial charge on any atom is 0.253 e. The van der Waals surface area contributed by atoms with Crippen molar-refractivity contribution in [3.8, 4) is 11.1 Å². The number of ether oxygens (including phenoxy) is 1. The molecule has 0 spiro atoms. The average molecular weight is 520 g/mol. The minimum Gasteiger partial charge on any atom is -0.384 e. The van der Waals surface area contributed by atoms with E-state index in [1.807, 2.05) is 30.3 Å². The highest BCUT2D eigenvalue weighted by Crippen LogP contribution is 2.35. The molecule has 0 aliphatic carbocycles. The topological polar surface area (TPSA) is 103 Å². The molecular formula is C26H28ClF2N3O4. The van der Waals surface area contributed by atoms with Gasteiger partial charge in [-0.25, -0.2) is 8.78 Å². The first-order chi connectivity index (χ1) is 17.1. The van der Waals surface area contributed by atoms with Gasteiger partial charge in [0.2, 0.25) is 5.91 Å². The number of nitrogens with two attached hydrogens (primary N) is 1. The highest BCUT2D eigenvalue weighted by Gasteiger charge is 2.28. The van der Waals surface area contributed by atoms with Gasteiger partial charge in [0.15, 0.2) is 5.78 Å². The normalized spacial score (nSPS) is 10.4. The fourth-order valence-electron chi connectivity index (χ4n) is 3.47. The van der Waals surface area contributed by atoms with Crippen LogP contribution in [-0.2, 0) is 16.6 Å². The molecule has 1 aromatic heterocycles. The number of primary amides is 1. The molecule has 0 unspecified atom stereocenters. The number of benzene rings is 2. The molecule has 36 heavy (non-hydrogen) atoms. The molecule has 3 N–H and O–H groups in total. The summed E-state index contributed by atoms with van der Waals surface area (Å²) in [6.45, 7) is 1.48. The van der Waals surface area contributed by atoms with Crippen LogP contribution in [0, 0.1) is 18.6 Å². The van der Waals surface area contributed by atoms with Gasteiger partial charge in [0.1, 0.15) is 11.6 Å². The van der Waals surface area contributed by atoms with E-state index in [2.05, 4.69) is 5.32 Å². The Morgan fingerprint density at radius 1 is 1.03 bits per heavy atom. The number of Topliss-reactive ketones (excluding diaryl/α,β-unsaturated/α-hetero) is 1. The molecule has 10 heteroatoms. The largest absolute Gasteiger partial charge is 0.384 e. The number of nitrogens with zero attached hydrogens (tertiary/aromatic N) is 1. The van der Waals surface area contributed by atoms with Crippen molar-refractivity contribution in [1.82, 2.24) is 9.88 Å². The Balaban J connectivity index is 0.000000558. The highest BCUT2D eigenvalue weighted by atomic mass is 35.5. The highest BCUT2D eigenvalue weighted by molar-refractivity contribution is 6.30. The van der Waals surface area contributed by atoms with Crippen molar-refractivity contribution < 1.29 is 27.9 Å². The van der Waals surface area contributed by atoms with E-state index in [0.717, 1.165) is 17.2 Å². The van der Waals surface area contributed by atoms with Crippen molar-refractivity contribution >= 4 is 29.2 Å². The quantitative estimate of drug-likeness (QED) is 0.408. The van der Waals surface area contributed by atoms with E-state index in [4.69, 9.17) is 22.1 Å². The Morgan fingerprint density at radius 3 is 2.22 bits per heavy atom. The zero-order valence-electron chi connectivity index (χ0n) is 20.2. The van der Waals surface area contributed by atoms with Gasteiger partial charge in [-0.3, -0.25) is 14.4 Å². The van der Waals surface area contributed by atoms with Crippen molar-refractivity contribution in [2.75, 3.05) is 20.3 Å². The molecule has 0 fully saturated rings. The van der Waals surface area contributed by atoms with Crippen LogP contribution in [0.25, 0.3) is 11.1 Å². The van der Waals surface area contributed by atoms with E-state index in [1.54, 1.807) is 0 Å². The lowest BCUT2D eigenvalue weighted by atomic mass is 9.94. The summed E-state index contributed by atoms with van der Waals surface area (Å²) in [5.41, 5.74) is 4.94. The summed E-state index contributed by atoms with van der Waals surface area (Å²) < 4.78 is 35.2. The molecule has 0 atom stereocenters. The molecule has 0 saturated heterocycles. The fourth-order valence-corrected chi connectivity index (χ4v) is 3.62. The fraction of sp³-hybridized carbons (Fsp3) is 0.269. The molecule has 2 aromatic carbocycles. The summed E-state index contributed by atoms with van der Waals surface area (Å²) in [5.74, 6) is -3.04. The number of rotatable bonds is 9. The summed E-state index contributed by atoms with van der Waals surface area (Å²) in [6.07, 6.45) is 1.29. The zero-order valence-corrected chi connectivity index (χ0v) is 21.0. The number of hydrogen-bond acceptors (Lipinski definition) is 4. The SMILES string of the molecule is COCCC(=O)c1c(-c2c(F)ccc(F)c2C)c(C(=O)NCCC(N)=O)cn1C.Clc1ccccc1. The molecule has 0 aliphatic rings. The first kappa shape index (κ1) is 28.7. The Labute approximate surface area is 213 Å². The molecular weight excluding hydrogens is 492 g/mol. The molecule has 7 nitrogen and oxygen atoms in total. The first-order valence-electron chi connectivity index (χ1n) is 11.0. The van der Waals surface area contributed by atoms with Crippen LogP contribution in [0.4, 0.5) is 8.78 Å². The Morgan fingerprint density at radius 2 is 1.67 bits per heavy atom. The summed E-state index contributed by atoms with van der Waals surface area (Å²) in [4.78, 5) is 36.4. The maximum atomic E-state index is 14.7. The summed E-state index contributed by atoms with van der Waals surface area (Å²) in [6, 6.07) is 11.4. The third kappa shape index (κ3) is 7.47. The van der Waals surface area contributed by atoms with Crippen LogP contribution in [0.2, 0.25) is 5.02 Å². The van der Waals surface area contributed by atoms with Gasteiger partial charge < -0.3 is 20.4 Å². The second kappa shape index (κ2) is 13.5. The third-order valence-electron chi connectivity index (χ3n) is 5.21. The Hall–Kier alpha value is -3.56. The monoisotopic (exact) mass is 519 g/mol. The third-order valence-corrected chi connectivity index (χ3v) is 5.46. The van der Waals surface area contributed by atoms with Gasteiger partial charge in [-0.05, 0) is 36.8 Å². The van der Waals surface area contributed by atoms with Crippen molar-refractivity contribution in [1.29, 1.82) is 0 Å². The van der Waals surface area contributed by atoms with Crippen LogP contribution in [0.1, 0.15) is 39.3 Å². The Bertz CT molecular complexity index is 1230. The number of carbonyl (C=O) groups excluding carboxylic acids is 3. The molecule has 3 rings (SSSR count). The van der Waals surface area contributed by atoms with Crippen molar-refractivity contribution in [2.24, 2.45) is 12.8 Å². The number of ketones is 1. The average Bonchev–Trinajstić information content (AvgIpc) is 3.17. The molecule has 0 aliphatic heterocycles. The number of methoxy groups -OCH3 is 1. The minimum atomic E-state index is -0.762. The number of halogens is 3. The van der Waals surface area contributed by atoms with Crippen LogP contribution < -0.4 is 11.1 Å². The number of carbonyl (C=O) groups is 3. The molecule has 192 valence electrons. The maximum absolute atomic E-state index is 14.7. The van der Waals surface area contributed by atoms with Crippen molar-refractivity contribution in [3.05, 3.63) is 82.1 Å². The number of hydrogen-bond donors (Lipinski definition) is 2. The van der Waals surface area contributed by atoms with Gasteiger partial charge in [0.05, 0.1) is 17.9 Å². The number of nitrogens with one attached hydrogen (secondary N) is 1. The summed E-state index contributed by atoms with van der Waals surface area (Å²) in [5, 5.41) is 3.31. The van der Waals surface area contributed by atoms with Gasteiger partial charge in [0.25, 0.3) is 5.91 Å². The molecule has 0 radical (unpaired) electrons. The van der Waals surface area contributed by atoms with Crippen LogP contribution in [0.5, 0.6) is 0 Å². The van der Waals surface area contributed by atoms with Gasteiger partial charge in [0, 0.05) is 55.9 Å². The van der Waals surface area contributed by atoms with Gasteiger partial charge in [-0.15, -0.1) is 0 Å². The molecule has 3 aromatic rings. The van der Waals surface area contributed by atoms with E-state index >= 15 is 0 Å². The lowest BCUT2D eigenvalue weighted by molar-refractivity contribution is -0.117. The standard InChI is InChI=1S/C20H23F2N3O4.C6H5Cl/c1-11-13(21)4-5-14(22)17(11)18-12(20(28)24-8-6-16(23)27)10-25(2)19(18)15(26)7-9-29-3;7-6-4-2-1-3-5-6/h4-5,10H,6-9H2,1-3H3,(H2,23,27)(H,24,28);1-5H. The van der Waals surface area contributed by atoms with Crippen LogP contribution >= 0.6 is 11.6 Å². The van der Waals surface area contributed by atoms with E-state index in [1.165, 1.54) is 31.8 Å². The van der Waals surface area contributed by atoms with E-state index < -0.39 is 23.4 Å². The van der Waals surface area contributed by atoms with Gasteiger partial charge in [-0.2, -0.15) is 0 Å². The van der Waals surface area contributed by atoms with Crippen molar-refractivity contribution in [2.45, 2.75) is 19.8 Å². The molecule has 1 heterocycles. The minimum absolute atomic E-state index is 0.0000696. The van der Waals surface area contributed by atoms with Gasteiger partial charge >= 0.3 is 0 Å². The summed E-state index contributed by atoms with van der Waals surface area (Å²) >= 11 is 5.54. The summed E-state index contributed by atoms with van der Waals surface area (Å²) in [7, 11) is 2.98. The van der Waals surface area contributed by atoms with Crippen LogP contribution in [-0.4, -0.2) is 42.4 Å². The van der Waals surface area contributed by atoms with Crippen molar-refractivity contribution in [3.63, 3.8) is 0 Å². The predicted octanol–water partition coefficient (Wildman–Crippen LogP) is 4.44. The van der Waals surface area contributed by atoms with E-state index in [-0.39, 0.29) is 59.7 Å². The second-order valence-electron chi connectivity index (χ2n) is 7.84. The number of aromatic nitrogens is 1. The van der Waals surface area contributed by atoms with E-state index in [0.29, 0.717) is 0 Å². The predicted molar refractivity (Wildman–Crippen MR) is 134 cm³/mol. The first-order valence-corrected chi connectivity index (χ1v) is 11.4. The lowest BCUT2D eigenvalue weighted by Crippen LogP contribution is -2.28. The van der Waals surface area contributed by atoms with Gasteiger partial charge in [-0.1, -0.05) is 29.8 Å². The molecule has 0 bridgehead atoms. The van der Waals surface area contributed by atoms with Crippen LogP contribution in [0.15, 0.2) is 48.7 Å². The Kier molecular flexibility index (Phi) is 10.8.